The van der Waals surface area contributed by atoms with E-state index in [1.54, 1.807) is 34.1 Å². The molecule has 2 aromatic rings. The maximum atomic E-state index is 13.9. The number of piperidine rings is 2. The summed E-state index contributed by atoms with van der Waals surface area (Å²) < 4.78 is 19.1. The van der Waals surface area contributed by atoms with E-state index in [9.17, 15) is 18.8 Å². The maximum absolute atomic E-state index is 13.9. The van der Waals surface area contributed by atoms with Gasteiger partial charge in [-0.2, -0.15) is 0 Å². The fourth-order valence-corrected chi connectivity index (χ4v) is 4.32. The first kappa shape index (κ1) is 21.1. The van der Waals surface area contributed by atoms with Gasteiger partial charge in [-0.25, -0.2) is 4.39 Å². The number of nitrogens with one attached hydrogen (secondary N) is 1. The van der Waals surface area contributed by atoms with Crippen LogP contribution in [0.5, 0.6) is 0 Å². The van der Waals surface area contributed by atoms with Crippen molar-refractivity contribution < 1.29 is 23.2 Å². The molecule has 0 spiro atoms. The van der Waals surface area contributed by atoms with Gasteiger partial charge in [-0.05, 0) is 56.4 Å². The van der Waals surface area contributed by atoms with E-state index in [-0.39, 0.29) is 35.1 Å². The number of amides is 3. The molecule has 2 aliphatic rings. The standard InChI is InChI=1S/C23H26FN3O4/c24-18-7-2-1-6-17(18)22(29)26-13-10-16(11-14-26)25-21(28)19-8-3-4-12-27(19)23(30)20-9-5-15-31-20/h1-2,5-7,9,15-16,19H,3-4,8,10-14H2,(H,25,28). The molecule has 0 radical (unpaired) electrons. The van der Waals surface area contributed by atoms with Gasteiger partial charge in [-0.3, -0.25) is 14.4 Å². The summed E-state index contributed by atoms with van der Waals surface area (Å²) in [5, 5.41) is 3.05. The van der Waals surface area contributed by atoms with Crippen LogP contribution >= 0.6 is 0 Å². The molecule has 3 heterocycles. The highest BCUT2D eigenvalue weighted by Crippen LogP contribution is 2.22. The first-order chi connectivity index (χ1) is 15.0. The summed E-state index contributed by atoms with van der Waals surface area (Å²) in [4.78, 5) is 41.5. The minimum Gasteiger partial charge on any atom is -0.459 e. The quantitative estimate of drug-likeness (QED) is 0.814. The van der Waals surface area contributed by atoms with Crippen LogP contribution in [0.25, 0.3) is 0 Å². The average Bonchev–Trinajstić information content (AvgIpc) is 3.34. The van der Waals surface area contributed by atoms with Gasteiger partial charge in [0.05, 0.1) is 11.8 Å². The van der Waals surface area contributed by atoms with Gasteiger partial charge in [-0.1, -0.05) is 12.1 Å². The van der Waals surface area contributed by atoms with Crippen LogP contribution in [0.1, 0.15) is 53.0 Å². The molecule has 2 saturated heterocycles. The highest BCUT2D eigenvalue weighted by Gasteiger charge is 2.35. The molecule has 1 aromatic heterocycles. The molecular formula is C23H26FN3O4. The molecule has 1 atom stereocenters. The highest BCUT2D eigenvalue weighted by atomic mass is 19.1. The topological polar surface area (TPSA) is 82.9 Å². The van der Waals surface area contributed by atoms with Gasteiger partial charge in [0, 0.05) is 25.7 Å². The van der Waals surface area contributed by atoms with Crippen molar-refractivity contribution in [2.24, 2.45) is 0 Å². The van der Waals surface area contributed by atoms with Gasteiger partial charge in [0.25, 0.3) is 11.8 Å². The zero-order valence-corrected chi connectivity index (χ0v) is 17.3. The molecule has 31 heavy (non-hydrogen) atoms. The van der Waals surface area contributed by atoms with Crippen molar-refractivity contribution >= 4 is 17.7 Å². The molecule has 1 N–H and O–H groups in total. The summed E-state index contributed by atoms with van der Waals surface area (Å²) >= 11 is 0. The molecule has 8 heteroatoms. The molecule has 4 rings (SSSR count). The lowest BCUT2D eigenvalue weighted by Gasteiger charge is -2.37. The molecule has 2 aliphatic heterocycles. The summed E-state index contributed by atoms with van der Waals surface area (Å²) in [6.45, 7) is 1.41. The van der Waals surface area contributed by atoms with Gasteiger partial charge >= 0.3 is 0 Å². The number of carbonyl (C=O) groups is 3. The molecule has 0 aliphatic carbocycles. The van der Waals surface area contributed by atoms with Crippen LogP contribution in [-0.4, -0.2) is 59.2 Å². The Morgan fingerprint density at radius 2 is 1.71 bits per heavy atom. The van der Waals surface area contributed by atoms with E-state index in [1.807, 2.05) is 0 Å². The van der Waals surface area contributed by atoms with Gasteiger partial charge in [0.2, 0.25) is 5.91 Å². The Hall–Kier alpha value is -3.16. The number of rotatable bonds is 4. The van der Waals surface area contributed by atoms with Crippen LogP contribution in [0.4, 0.5) is 4.39 Å². The van der Waals surface area contributed by atoms with E-state index < -0.39 is 11.9 Å². The molecule has 164 valence electrons. The molecule has 7 nitrogen and oxygen atoms in total. The van der Waals surface area contributed by atoms with Crippen molar-refractivity contribution in [3.63, 3.8) is 0 Å². The molecule has 2 fully saturated rings. The van der Waals surface area contributed by atoms with Crippen LogP contribution in [-0.2, 0) is 4.79 Å². The summed E-state index contributed by atoms with van der Waals surface area (Å²) in [5.41, 5.74) is 0.0688. The lowest BCUT2D eigenvalue weighted by molar-refractivity contribution is -0.127. The van der Waals surface area contributed by atoms with Crippen LogP contribution in [0.15, 0.2) is 47.1 Å². The number of halogens is 1. The van der Waals surface area contributed by atoms with E-state index in [0.29, 0.717) is 38.9 Å². The minimum atomic E-state index is -0.526. The fraction of sp³-hybridized carbons (Fsp3) is 0.435. The van der Waals surface area contributed by atoms with Crippen molar-refractivity contribution in [3.05, 3.63) is 59.8 Å². The second kappa shape index (κ2) is 9.32. The van der Waals surface area contributed by atoms with E-state index in [0.717, 1.165) is 12.8 Å². The summed E-state index contributed by atoms with van der Waals surface area (Å²) in [7, 11) is 0. The fourth-order valence-electron chi connectivity index (χ4n) is 4.32. The van der Waals surface area contributed by atoms with Gasteiger partial charge < -0.3 is 19.5 Å². The minimum absolute atomic E-state index is 0.0688. The monoisotopic (exact) mass is 427 g/mol. The van der Waals surface area contributed by atoms with Gasteiger partial charge in [0.15, 0.2) is 5.76 Å². The zero-order valence-electron chi connectivity index (χ0n) is 17.3. The van der Waals surface area contributed by atoms with E-state index in [2.05, 4.69) is 5.32 Å². The Bertz CT molecular complexity index is 938. The Morgan fingerprint density at radius 3 is 2.42 bits per heavy atom. The first-order valence-corrected chi connectivity index (χ1v) is 10.7. The van der Waals surface area contributed by atoms with Crippen molar-refractivity contribution in [1.82, 2.24) is 15.1 Å². The molecule has 1 unspecified atom stereocenters. The smallest absolute Gasteiger partial charge is 0.290 e. The highest BCUT2D eigenvalue weighted by molar-refractivity contribution is 5.96. The third-order valence-corrected chi connectivity index (χ3v) is 6.03. The predicted octanol–water partition coefficient (Wildman–Crippen LogP) is 2.83. The average molecular weight is 427 g/mol. The predicted molar refractivity (Wildman–Crippen MR) is 111 cm³/mol. The van der Waals surface area contributed by atoms with E-state index in [1.165, 1.54) is 18.4 Å². The molecular weight excluding hydrogens is 401 g/mol. The largest absolute Gasteiger partial charge is 0.459 e. The molecule has 0 bridgehead atoms. The summed E-state index contributed by atoms with van der Waals surface area (Å²) in [6.07, 6.45) is 4.98. The third-order valence-electron chi connectivity index (χ3n) is 6.03. The molecule has 0 saturated carbocycles. The number of nitrogens with zero attached hydrogens (tertiary/aromatic N) is 2. The Morgan fingerprint density at radius 1 is 0.935 bits per heavy atom. The van der Waals surface area contributed by atoms with Crippen molar-refractivity contribution in [3.8, 4) is 0 Å². The molecule has 1 aromatic carbocycles. The summed E-state index contributed by atoms with van der Waals surface area (Å²) in [6, 6.07) is 8.61. The number of likely N-dealkylation sites (tertiary alicyclic amines) is 2. The van der Waals surface area contributed by atoms with Crippen LogP contribution in [0.2, 0.25) is 0 Å². The Kier molecular flexibility index (Phi) is 6.34. The van der Waals surface area contributed by atoms with Crippen molar-refractivity contribution in [1.29, 1.82) is 0 Å². The number of benzene rings is 1. The zero-order chi connectivity index (χ0) is 21.8. The van der Waals surface area contributed by atoms with E-state index in [4.69, 9.17) is 4.42 Å². The Balaban J connectivity index is 1.33. The SMILES string of the molecule is O=C(NC1CCN(C(=O)c2ccccc2F)CC1)C1CCCCN1C(=O)c1ccco1. The first-order valence-electron chi connectivity index (χ1n) is 10.7. The van der Waals surface area contributed by atoms with Crippen LogP contribution in [0, 0.1) is 5.82 Å². The third kappa shape index (κ3) is 4.62. The number of hydrogen-bond donors (Lipinski definition) is 1. The lowest BCUT2D eigenvalue weighted by Crippen LogP contribution is -2.55. The number of carbonyl (C=O) groups excluding carboxylic acids is 3. The van der Waals surface area contributed by atoms with Crippen LogP contribution in [0.3, 0.4) is 0 Å². The molecule has 3 amide bonds. The summed E-state index contributed by atoms with van der Waals surface area (Å²) in [5.74, 6) is -1.06. The maximum Gasteiger partial charge on any atom is 0.290 e. The van der Waals surface area contributed by atoms with Gasteiger partial charge in [0.1, 0.15) is 11.9 Å². The van der Waals surface area contributed by atoms with Crippen LogP contribution < -0.4 is 5.32 Å². The van der Waals surface area contributed by atoms with Crippen molar-refractivity contribution in [2.45, 2.75) is 44.2 Å². The lowest BCUT2D eigenvalue weighted by atomic mass is 9.99. The Labute approximate surface area is 180 Å². The second-order valence-corrected chi connectivity index (χ2v) is 8.04. The second-order valence-electron chi connectivity index (χ2n) is 8.04. The van der Waals surface area contributed by atoms with E-state index >= 15 is 0 Å². The van der Waals surface area contributed by atoms with Crippen molar-refractivity contribution in [2.75, 3.05) is 19.6 Å². The van der Waals surface area contributed by atoms with Gasteiger partial charge in [-0.15, -0.1) is 0 Å². The number of hydrogen-bond acceptors (Lipinski definition) is 4. The number of furan rings is 1. The normalized spacial score (nSPS) is 19.8.